The number of carbonyl (C=O) groups is 2. The molecule has 0 N–H and O–H groups in total. The third-order valence-electron chi connectivity index (χ3n) is 5.36. The van der Waals surface area contributed by atoms with E-state index in [-0.39, 0.29) is 5.82 Å². The van der Waals surface area contributed by atoms with Crippen molar-refractivity contribution in [2.75, 3.05) is 37.6 Å². The minimum Gasteiger partial charge on any atom is -0.368 e. The number of halogens is 1. The zero-order chi connectivity index (χ0) is 18.8. The van der Waals surface area contributed by atoms with Crippen LogP contribution in [-0.4, -0.2) is 54.3 Å². The third-order valence-corrected chi connectivity index (χ3v) is 5.36. The van der Waals surface area contributed by atoms with Gasteiger partial charge in [0.15, 0.2) is 0 Å². The van der Waals surface area contributed by atoms with E-state index < -0.39 is 11.8 Å². The fourth-order valence-electron chi connectivity index (χ4n) is 3.76. The van der Waals surface area contributed by atoms with E-state index >= 15 is 0 Å². The summed E-state index contributed by atoms with van der Waals surface area (Å²) in [5.74, 6) is -1.10. The van der Waals surface area contributed by atoms with E-state index in [0.717, 1.165) is 17.7 Å². The van der Waals surface area contributed by atoms with Gasteiger partial charge in [0.2, 0.25) is 0 Å². The number of amides is 2. The molecule has 5 nitrogen and oxygen atoms in total. The molecule has 6 heteroatoms. The molecule has 0 atom stereocenters. The molecule has 27 heavy (non-hydrogen) atoms. The maximum atomic E-state index is 13.1. The van der Waals surface area contributed by atoms with E-state index in [1.165, 1.54) is 17.7 Å². The lowest BCUT2D eigenvalue weighted by molar-refractivity contribution is -0.152. The first-order valence-electron chi connectivity index (χ1n) is 9.27. The highest BCUT2D eigenvalue weighted by Crippen LogP contribution is 2.20. The summed E-state index contributed by atoms with van der Waals surface area (Å²) >= 11 is 0. The highest BCUT2D eigenvalue weighted by atomic mass is 19.1. The fraction of sp³-hybridized carbons (Fsp3) is 0.333. The summed E-state index contributed by atoms with van der Waals surface area (Å²) in [6.45, 7) is 3.33. The van der Waals surface area contributed by atoms with Gasteiger partial charge < -0.3 is 14.7 Å². The molecule has 0 spiro atoms. The van der Waals surface area contributed by atoms with Gasteiger partial charge in [0.05, 0.1) is 0 Å². The molecule has 0 radical (unpaired) electrons. The highest BCUT2D eigenvalue weighted by molar-refractivity contribution is 6.34. The molecule has 2 amide bonds. The molecule has 0 aliphatic carbocycles. The Hall–Kier alpha value is -2.89. The Morgan fingerprint density at radius 3 is 2.07 bits per heavy atom. The van der Waals surface area contributed by atoms with Gasteiger partial charge in [-0.05, 0) is 41.8 Å². The van der Waals surface area contributed by atoms with Crippen molar-refractivity contribution in [1.29, 1.82) is 0 Å². The van der Waals surface area contributed by atoms with E-state index in [2.05, 4.69) is 11.0 Å². The van der Waals surface area contributed by atoms with Crippen LogP contribution in [0.5, 0.6) is 0 Å². The van der Waals surface area contributed by atoms with Crippen LogP contribution in [-0.2, 0) is 22.6 Å². The largest absolute Gasteiger partial charge is 0.368 e. The number of hydrogen-bond acceptors (Lipinski definition) is 3. The van der Waals surface area contributed by atoms with E-state index in [9.17, 15) is 14.0 Å². The quantitative estimate of drug-likeness (QED) is 0.725. The van der Waals surface area contributed by atoms with Gasteiger partial charge in [-0.1, -0.05) is 24.3 Å². The molecule has 140 valence electrons. The predicted octanol–water partition coefficient (Wildman–Crippen LogP) is 2.06. The van der Waals surface area contributed by atoms with Gasteiger partial charge >= 0.3 is 11.8 Å². The molecule has 2 aromatic carbocycles. The van der Waals surface area contributed by atoms with Gasteiger partial charge in [0, 0.05) is 45.0 Å². The maximum Gasteiger partial charge on any atom is 0.312 e. The monoisotopic (exact) mass is 367 g/mol. The van der Waals surface area contributed by atoms with Crippen molar-refractivity contribution in [2.24, 2.45) is 0 Å². The molecule has 2 aliphatic heterocycles. The molecular formula is C21H22FN3O2. The van der Waals surface area contributed by atoms with Crippen LogP contribution in [0, 0.1) is 5.82 Å². The van der Waals surface area contributed by atoms with E-state index in [4.69, 9.17) is 0 Å². The van der Waals surface area contributed by atoms with Crippen LogP contribution in [0.15, 0.2) is 48.5 Å². The number of hydrogen-bond donors (Lipinski definition) is 0. The van der Waals surface area contributed by atoms with Gasteiger partial charge in [-0.3, -0.25) is 9.59 Å². The Balaban J connectivity index is 1.35. The molecule has 0 bridgehead atoms. The van der Waals surface area contributed by atoms with E-state index in [1.807, 2.05) is 18.2 Å². The zero-order valence-electron chi connectivity index (χ0n) is 15.1. The Morgan fingerprint density at radius 2 is 1.37 bits per heavy atom. The molecule has 2 aliphatic rings. The van der Waals surface area contributed by atoms with Crippen LogP contribution in [0.25, 0.3) is 0 Å². The van der Waals surface area contributed by atoms with Crippen LogP contribution in [0.1, 0.15) is 11.1 Å². The smallest absolute Gasteiger partial charge is 0.312 e. The molecule has 2 aromatic rings. The average molecular weight is 367 g/mol. The standard InChI is InChI=1S/C21H22FN3O2/c22-18-5-7-19(8-6-18)23-11-13-24(14-12-23)20(26)21(27)25-10-9-16-3-1-2-4-17(16)15-25/h1-8H,9-15H2. The Bertz CT molecular complexity index is 845. The van der Waals surface area contributed by atoms with Crippen LogP contribution < -0.4 is 4.90 Å². The molecule has 1 fully saturated rings. The lowest BCUT2D eigenvalue weighted by atomic mass is 10.00. The molecule has 2 heterocycles. The second-order valence-corrected chi connectivity index (χ2v) is 7.00. The highest BCUT2D eigenvalue weighted by Gasteiger charge is 2.31. The normalized spacial score (nSPS) is 16.9. The summed E-state index contributed by atoms with van der Waals surface area (Å²) < 4.78 is 13.1. The van der Waals surface area contributed by atoms with Gasteiger partial charge in [-0.15, -0.1) is 0 Å². The number of anilines is 1. The summed E-state index contributed by atoms with van der Waals surface area (Å²) in [5.41, 5.74) is 3.30. The second kappa shape index (κ2) is 7.39. The first kappa shape index (κ1) is 17.5. The Kier molecular flexibility index (Phi) is 4.79. The first-order chi connectivity index (χ1) is 13.1. The lowest BCUT2D eigenvalue weighted by Gasteiger charge is -2.37. The summed E-state index contributed by atoms with van der Waals surface area (Å²) in [6, 6.07) is 14.4. The van der Waals surface area contributed by atoms with Crippen molar-refractivity contribution in [3.8, 4) is 0 Å². The number of fused-ring (bicyclic) bond motifs is 1. The van der Waals surface area contributed by atoms with E-state index in [1.54, 1.807) is 21.9 Å². The molecule has 1 saturated heterocycles. The SMILES string of the molecule is O=C(C(=O)N1CCc2ccccc2C1)N1CCN(c2ccc(F)cc2)CC1. The maximum absolute atomic E-state index is 13.1. The summed E-state index contributed by atoms with van der Waals surface area (Å²) in [4.78, 5) is 30.7. The van der Waals surface area contributed by atoms with Crippen molar-refractivity contribution in [1.82, 2.24) is 9.80 Å². The minimum absolute atomic E-state index is 0.263. The van der Waals surface area contributed by atoms with Crippen molar-refractivity contribution < 1.29 is 14.0 Å². The Labute approximate surface area is 158 Å². The number of rotatable bonds is 1. The third kappa shape index (κ3) is 3.65. The van der Waals surface area contributed by atoms with Crippen molar-refractivity contribution in [3.05, 3.63) is 65.5 Å². The number of benzene rings is 2. The predicted molar refractivity (Wildman–Crippen MR) is 101 cm³/mol. The molecular weight excluding hydrogens is 345 g/mol. The lowest BCUT2D eigenvalue weighted by Crippen LogP contribution is -2.53. The van der Waals surface area contributed by atoms with Crippen LogP contribution >= 0.6 is 0 Å². The minimum atomic E-state index is -0.423. The van der Waals surface area contributed by atoms with Crippen molar-refractivity contribution >= 4 is 17.5 Å². The second-order valence-electron chi connectivity index (χ2n) is 7.00. The van der Waals surface area contributed by atoms with Crippen LogP contribution in [0.2, 0.25) is 0 Å². The Morgan fingerprint density at radius 1 is 0.741 bits per heavy atom. The molecule has 0 unspecified atom stereocenters. The van der Waals surface area contributed by atoms with Crippen molar-refractivity contribution in [2.45, 2.75) is 13.0 Å². The van der Waals surface area contributed by atoms with Crippen LogP contribution in [0.3, 0.4) is 0 Å². The average Bonchev–Trinajstić information content (AvgIpc) is 2.73. The van der Waals surface area contributed by atoms with E-state index in [0.29, 0.717) is 39.3 Å². The topological polar surface area (TPSA) is 43.9 Å². The van der Waals surface area contributed by atoms with Gasteiger partial charge in [0.25, 0.3) is 0 Å². The number of piperazine rings is 1. The summed E-state index contributed by atoms with van der Waals surface area (Å²) in [7, 11) is 0. The fourth-order valence-corrected chi connectivity index (χ4v) is 3.76. The van der Waals surface area contributed by atoms with Gasteiger partial charge in [-0.2, -0.15) is 0 Å². The molecule has 0 saturated carbocycles. The summed E-state index contributed by atoms with van der Waals surface area (Å²) in [6.07, 6.45) is 0.785. The van der Waals surface area contributed by atoms with Gasteiger partial charge in [-0.25, -0.2) is 4.39 Å². The summed E-state index contributed by atoms with van der Waals surface area (Å²) in [5, 5.41) is 0. The van der Waals surface area contributed by atoms with Crippen LogP contribution in [0.4, 0.5) is 10.1 Å². The number of nitrogens with zero attached hydrogens (tertiary/aromatic N) is 3. The van der Waals surface area contributed by atoms with Gasteiger partial charge in [0.1, 0.15) is 5.82 Å². The number of carbonyl (C=O) groups excluding carboxylic acids is 2. The molecule has 4 rings (SSSR count). The first-order valence-corrected chi connectivity index (χ1v) is 9.27. The molecule has 0 aromatic heterocycles. The van der Waals surface area contributed by atoms with Crippen molar-refractivity contribution in [3.63, 3.8) is 0 Å². The zero-order valence-corrected chi connectivity index (χ0v) is 15.1.